The summed E-state index contributed by atoms with van der Waals surface area (Å²) < 4.78 is 1.07. The molecule has 0 bridgehead atoms. The molecule has 1 saturated heterocycles. The molecule has 1 aliphatic heterocycles. The maximum absolute atomic E-state index is 11.9. The van der Waals surface area contributed by atoms with Crippen LogP contribution in [0.25, 0.3) is 6.08 Å². The summed E-state index contributed by atoms with van der Waals surface area (Å²) in [5, 5.41) is 9.05. The fourth-order valence-electron chi connectivity index (χ4n) is 2.01. The Morgan fingerprint density at radius 2 is 2.22 bits per heavy atom. The van der Waals surface area contributed by atoms with Gasteiger partial charge in [0.25, 0.3) is 0 Å². The van der Waals surface area contributed by atoms with E-state index in [1.807, 2.05) is 23.1 Å². The number of carbonyl (C=O) groups is 1. The molecular weight excluding hydrogens is 314 g/mol. The molecule has 0 radical (unpaired) electrons. The van der Waals surface area contributed by atoms with Gasteiger partial charge in [-0.25, -0.2) is 0 Å². The number of hydrogen-bond acceptors (Lipinski definition) is 3. The molecule has 1 aliphatic rings. The molecule has 3 nitrogen and oxygen atoms in total. The highest BCUT2D eigenvalue weighted by molar-refractivity contribution is 9.11. The lowest BCUT2D eigenvalue weighted by molar-refractivity contribution is -0.127. The fourth-order valence-corrected chi connectivity index (χ4v) is 3.34. The van der Waals surface area contributed by atoms with Crippen molar-refractivity contribution in [1.29, 1.82) is 0 Å². The highest BCUT2D eigenvalue weighted by Gasteiger charge is 2.20. The van der Waals surface area contributed by atoms with Crippen molar-refractivity contribution in [3.05, 3.63) is 26.9 Å². The summed E-state index contributed by atoms with van der Waals surface area (Å²) >= 11 is 5.00. The van der Waals surface area contributed by atoms with Crippen LogP contribution in [-0.4, -0.2) is 35.6 Å². The van der Waals surface area contributed by atoms with Gasteiger partial charge in [0.05, 0.1) is 3.79 Å². The lowest BCUT2D eigenvalue weighted by atomic mass is 9.98. The van der Waals surface area contributed by atoms with Crippen LogP contribution >= 0.6 is 27.3 Å². The normalized spacial score (nSPS) is 17.6. The van der Waals surface area contributed by atoms with E-state index < -0.39 is 0 Å². The van der Waals surface area contributed by atoms with E-state index in [4.69, 9.17) is 5.11 Å². The van der Waals surface area contributed by atoms with E-state index in [-0.39, 0.29) is 12.5 Å². The van der Waals surface area contributed by atoms with E-state index in [1.165, 1.54) is 0 Å². The molecule has 0 atom stereocenters. The van der Waals surface area contributed by atoms with E-state index in [2.05, 4.69) is 15.9 Å². The summed E-state index contributed by atoms with van der Waals surface area (Å²) in [6.07, 6.45) is 5.30. The molecule has 0 aliphatic carbocycles. The van der Waals surface area contributed by atoms with Gasteiger partial charge in [-0.1, -0.05) is 0 Å². The Morgan fingerprint density at radius 1 is 1.50 bits per heavy atom. The molecule has 1 fully saturated rings. The van der Waals surface area contributed by atoms with Crippen LogP contribution in [-0.2, 0) is 4.79 Å². The van der Waals surface area contributed by atoms with Gasteiger partial charge in [-0.15, -0.1) is 11.3 Å². The summed E-state index contributed by atoms with van der Waals surface area (Å²) in [5.41, 5.74) is 0. The zero-order valence-electron chi connectivity index (χ0n) is 10.0. The van der Waals surface area contributed by atoms with Crippen LogP contribution in [0.2, 0.25) is 0 Å². The van der Waals surface area contributed by atoms with Crippen LogP contribution in [0.3, 0.4) is 0 Å². The highest BCUT2D eigenvalue weighted by atomic mass is 79.9. The van der Waals surface area contributed by atoms with Gasteiger partial charge >= 0.3 is 0 Å². The molecule has 0 aromatic carbocycles. The van der Waals surface area contributed by atoms with E-state index >= 15 is 0 Å². The van der Waals surface area contributed by atoms with Crippen molar-refractivity contribution < 1.29 is 9.90 Å². The molecule has 1 amide bonds. The second-order valence-corrected chi connectivity index (χ2v) is 6.92. The number of halogens is 1. The molecule has 1 N–H and O–H groups in total. The number of aliphatic hydroxyl groups is 1. The topological polar surface area (TPSA) is 40.5 Å². The van der Waals surface area contributed by atoms with Crippen molar-refractivity contribution in [2.75, 3.05) is 19.7 Å². The maximum Gasteiger partial charge on any atom is 0.246 e. The number of likely N-dealkylation sites (tertiary alicyclic amines) is 1. The Labute approximate surface area is 119 Å². The number of aliphatic hydroxyl groups excluding tert-OH is 1. The fraction of sp³-hybridized carbons (Fsp3) is 0.462. The Kier molecular flexibility index (Phi) is 4.97. The summed E-state index contributed by atoms with van der Waals surface area (Å²) in [5.74, 6) is 0.433. The first-order valence-electron chi connectivity index (χ1n) is 6.02. The van der Waals surface area contributed by atoms with Gasteiger partial charge in [0.15, 0.2) is 0 Å². The smallest absolute Gasteiger partial charge is 0.246 e. The van der Waals surface area contributed by atoms with Crippen molar-refractivity contribution in [3.8, 4) is 0 Å². The van der Waals surface area contributed by atoms with Crippen LogP contribution in [0.15, 0.2) is 22.0 Å². The zero-order valence-corrected chi connectivity index (χ0v) is 12.4. The Hall–Kier alpha value is -0.650. The molecule has 0 spiro atoms. The first-order chi connectivity index (χ1) is 8.69. The predicted molar refractivity (Wildman–Crippen MR) is 77.4 cm³/mol. The lowest BCUT2D eigenvalue weighted by Gasteiger charge is -2.30. The van der Waals surface area contributed by atoms with Crippen molar-refractivity contribution in [3.63, 3.8) is 0 Å². The molecular formula is C13H16BrNO2S. The molecule has 98 valence electrons. The number of amides is 1. The minimum absolute atomic E-state index is 0.0657. The monoisotopic (exact) mass is 329 g/mol. The van der Waals surface area contributed by atoms with Gasteiger partial charge in [-0.2, -0.15) is 0 Å². The minimum atomic E-state index is 0.0657. The number of rotatable bonds is 3. The first-order valence-corrected chi connectivity index (χ1v) is 7.63. The predicted octanol–water partition coefficient (Wildman–Crippen LogP) is 2.75. The summed E-state index contributed by atoms with van der Waals surface area (Å²) in [6, 6.07) is 3.96. The van der Waals surface area contributed by atoms with Crippen LogP contribution in [0, 0.1) is 5.92 Å². The summed E-state index contributed by atoms with van der Waals surface area (Å²) in [7, 11) is 0. The third-order valence-corrected chi connectivity index (χ3v) is 4.76. The third kappa shape index (κ3) is 3.67. The molecule has 1 aromatic rings. The van der Waals surface area contributed by atoms with Gasteiger partial charge in [0.1, 0.15) is 0 Å². The van der Waals surface area contributed by atoms with Crippen molar-refractivity contribution in [1.82, 2.24) is 4.90 Å². The third-order valence-electron chi connectivity index (χ3n) is 3.17. The standard InChI is InChI=1S/C13H16BrNO2S/c14-12-3-1-11(18-12)2-4-13(17)15-7-5-10(9-16)6-8-15/h1-4,10,16H,5-9H2/b4-2+. The molecule has 0 saturated carbocycles. The second kappa shape index (κ2) is 6.50. The number of nitrogens with zero attached hydrogens (tertiary/aromatic N) is 1. The van der Waals surface area contributed by atoms with Crippen molar-refractivity contribution >= 4 is 39.2 Å². The quantitative estimate of drug-likeness (QED) is 0.866. The number of thiophene rings is 1. The summed E-state index contributed by atoms with van der Waals surface area (Å²) in [6.45, 7) is 1.74. The average molecular weight is 330 g/mol. The van der Waals surface area contributed by atoms with Crippen molar-refractivity contribution in [2.45, 2.75) is 12.8 Å². The molecule has 2 heterocycles. The van der Waals surface area contributed by atoms with E-state index in [0.29, 0.717) is 5.92 Å². The Bertz CT molecular complexity index is 436. The first kappa shape index (κ1) is 13.8. The van der Waals surface area contributed by atoms with E-state index in [0.717, 1.165) is 34.6 Å². The molecule has 0 unspecified atom stereocenters. The van der Waals surface area contributed by atoms with Gasteiger partial charge in [0.2, 0.25) is 5.91 Å². The van der Waals surface area contributed by atoms with E-state index in [9.17, 15) is 4.79 Å². The second-order valence-electron chi connectivity index (χ2n) is 4.43. The van der Waals surface area contributed by atoms with Gasteiger partial charge < -0.3 is 10.0 Å². The van der Waals surface area contributed by atoms with Crippen LogP contribution in [0.4, 0.5) is 0 Å². The Balaban J connectivity index is 1.87. The Morgan fingerprint density at radius 3 is 2.78 bits per heavy atom. The highest BCUT2D eigenvalue weighted by Crippen LogP contribution is 2.23. The SMILES string of the molecule is O=C(/C=C/c1ccc(Br)s1)N1CCC(CO)CC1. The van der Waals surface area contributed by atoms with Crippen LogP contribution < -0.4 is 0 Å². The van der Waals surface area contributed by atoms with Crippen LogP contribution in [0.1, 0.15) is 17.7 Å². The van der Waals surface area contributed by atoms with E-state index in [1.54, 1.807) is 17.4 Å². The van der Waals surface area contributed by atoms with Crippen molar-refractivity contribution in [2.24, 2.45) is 5.92 Å². The minimum Gasteiger partial charge on any atom is -0.396 e. The molecule has 18 heavy (non-hydrogen) atoms. The maximum atomic E-state index is 11.9. The van der Waals surface area contributed by atoms with Gasteiger partial charge in [-0.3, -0.25) is 4.79 Å². The molecule has 2 rings (SSSR count). The van der Waals surface area contributed by atoms with Crippen LogP contribution in [0.5, 0.6) is 0 Å². The zero-order chi connectivity index (χ0) is 13.0. The number of piperidine rings is 1. The van der Waals surface area contributed by atoms with Gasteiger partial charge in [-0.05, 0) is 52.9 Å². The van der Waals surface area contributed by atoms with Gasteiger partial charge in [0, 0.05) is 30.6 Å². The molecule has 5 heteroatoms. The molecule has 1 aromatic heterocycles. The average Bonchev–Trinajstić information content (AvgIpc) is 2.82. The summed E-state index contributed by atoms with van der Waals surface area (Å²) in [4.78, 5) is 14.9. The number of hydrogen-bond donors (Lipinski definition) is 1. The largest absolute Gasteiger partial charge is 0.396 e. The lowest BCUT2D eigenvalue weighted by Crippen LogP contribution is -2.38. The number of carbonyl (C=O) groups excluding carboxylic acids is 1.